The summed E-state index contributed by atoms with van der Waals surface area (Å²) in [5.74, 6) is -0.141. The van der Waals surface area contributed by atoms with Gasteiger partial charge in [0.2, 0.25) is 0 Å². The highest BCUT2D eigenvalue weighted by Crippen LogP contribution is 2.21. The molecule has 0 aromatic carbocycles. The van der Waals surface area contributed by atoms with E-state index in [1.165, 1.54) is 4.57 Å². The third kappa shape index (κ3) is 2.40. The fourth-order valence-corrected chi connectivity index (χ4v) is 3.30. The molecular formula is C17H21N3O2. The van der Waals surface area contributed by atoms with Crippen LogP contribution in [-0.4, -0.2) is 32.9 Å². The Bertz CT molecular complexity index is 766. The molecule has 1 saturated heterocycles. The van der Waals surface area contributed by atoms with Crippen LogP contribution in [0.15, 0.2) is 29.2 Å². The molecule has 0 unspecified atom stereocenters. The van der Waals surface area contributed by atoms with Gasteiger partial charge < -0.3 is 4.90 Å². The average Bonchev–Trinajstić information content (AvgIpc) is 2.57. The Labute approximate surface area is 129 Å². The minimum atomic E-state index is -0.267. The van der Waals surface area contributed by atoms with Gasteiger partial charge in [-0.05, 0) is 43.9 Å². The molecule has 0 bridgehead atoms. The van der Waals surface area contributed by atoms with Crippen LogP contribution in [0.5, 0.6) is 0 Å². The molecule has 1 aliphatic rings. The van der Waals surface area contributed by atoms with E-state index in [9.17, 15) is 9.59 Å². The fraction of sp³-hybridized carbons (Fsp3) is 0.471. The van der Waals surface area contributed by atoms with Crippen LogP contribution in [0.2, 0.25) is 0 Å². The second-order valence-electron chi connectivity index (χ2n) is 5.89. The first kappa shape index (κ1) is 14.8. The maximum absolute atomic E-state index is 12.9. The van der Waals surface area contributed by atoms with Gasteiger partial charge in [-0.1, -0.05) is 6.92 Å². The number of fused-ring (bicyclic) bond motifs is 1. The van der Waals surface area contributed by atoms with Crippen molar-refractivity contribution in [3.8, 4) is 0 Å². The lowest BCUT2D eigenvalue weighted by Crippen LogP contribution is -2.45. The Morgan fingerprint density at radius 1 is 1.41 bits per heavy atom. The number of hydrogen-bond acceptors (Lipinski definition) is 3. The molecule has 5 heteroatoms. The Morgan fingerprint density at radius 2 is 2.23 bits per heavy atom. The highest BCUT2D eigenvalue weighted by atomic mass is 16.2. The molecule has 2 aromatic heterocycles. The lowest BCUT2D eigenvalue weighted by atomic mass is 9.99. The van der Waals surface area contributed by atoms with Crippen molar-refractivity contribution in [2.45, 2.75) is 38.6 Å². The molecule has 0 saturated carbocycles. The predicted molar refractivity (Wildman–Crippen MR) is 86.0 cm³/mol. The van der Waals surface area contributed by atoms with E-state index in [1.807, 2.05) is 17.0 Å². The van der Waals surface area contributed by atoms with Crippen molar-refractivity contribution in [1.82, 2.24) is 14.5 Å². The van der Waals surface area contributed by atoms with Crippen LogP contribution in [0.4, 0.5) is 0 Å². The molecule has 3 heterocycles. The summed E-state index contributed by atoms with van der Waals surface area (Å²) in [5, 5.41) is 0.818. The average molecular weight is 299 g/mol. The van der Waals surface area contributed by atoms with Crippen molar-refractivity contribution in [1.29, 1.82) is 0 Å². The molecule has 1 amide bonds. The topological polar surface area (TPSA) is 55.2 Å². The number of nitrogens with zero attached hydrogens (tertiary/aromatic N) is 3. The van der Waals surface area contributed by atoms with Gasteiger partial charge in [0, 0.05) is 31.2 Å². The number of aryl methyl sites for hydroxylation is 1. The molecule has 0 radical (unpaired) electrons. The molecule has 1 aliphatic heterocycles. The van der Waals surface area contributed by atoms with Crippen LogP contribution in [0.25, 0.3) is 11.0 Å². The van der Waals surface area contributed by atoms with Gasteiger partial charge >= 0.3 is 0 Å². The molecule has 2 aromatic rings. The largest absolute Gasteiger partial charge is 0.336 e. The van der Waals surface area contributed by atoms with Gasteiger partial charge in [-0.3, -0.25) is 14.2 Å². The summed E-state index contributed by atoms with van der Waals surface area (Å²) in [6.07, 6.45) is 5.78. The first-order valence-electron chi connectivity index (χ1n) is 7.89. The SMILES string of the molecule is CC[C@@H]1CCCCN1C(=O)c1cc2cccnc2n(C)c1=O. The van der Waals surface area contributed by atoms with Gasteiger partial charge in [0.05, 0.1) is 0 Å². The van der Waals surface area contributed by atoms with Crippen molar-refractivity contribution < 1.29 is 4.79 Å². The van der Waals surface area contributed by atoms with Crippen LogP contribution in [-0.2, 0) is 7.05 Å². The molecule has 0 spiro atoms. The van der Waals surface area contributed by atoms with Crippen molar-refractivity contribution in [3.63, 3.8) is 0 Å². The Morgan fingerprint density at radius 3 is 3.00 bits per heavy atom. The lowest BCUT2D eigenvalue weighted by Gasteiger charge is -2.35. The standard InChI is InChI=1S/C17H21N3O2/c1-3-13-8-4-5-10-20(13)17(22)14-11-12-7-6-9-18-15(12)19(2)16(14)21/h6-7,9,11,13H,3-5,8,10H2,1-2H3/t13-/m1/s1. The Kier molecular flexibility index (Phi) is 3.96. The number of carbonyl (C=O) groups is 1. The number of carbonyl (C=O) groups excluding carboxylic acids is 1. The second-order valence-corrected chi connectivity index (χ2v) is 5.89. The van der Waals surface area contributed by atoms with E-state index in [1.54, 1.807) is 19.3 Å². The zero-order valence-electron chi connectivity index (χ0n) is 13.1. The number of rotatable bonds is 2. The van der Waals surface area contributed by atoms with Crippen LogP contribution in [0.1, 0.15) is 43.0 Å². The van der Waals surface area contributed by atoms with Crippen molar-refractivity contribution >= 4 is 16.9 Å². The normalized spacial score (nSPS) is 18.6. The van der Waals surface area contributed by atoms with E-state index >= 15 is 0 Å². The molecule has 116 valence electrons. The van der Waals surface area contributed by atoms with Crippen molar-refractivity contribution in [3.05, 3.63) is 40.3 Å². The van der Waals surface area contributed by atoms with Gasteiger partial charge in [-0.2, -0.15) is 0 Å². The molecule has 1 atom stereocenters. The third-order valence-electron chi connectivity index (χ3n) is 4.56. The molecule has 22 heavy (non-hydrogen) atoms. The lowest BCUT2D eigenvalue weighted by molar-refractivity contribution is 0.0606. The smallest absolute Gasteiger partial charge is 0.264 e. The molecule has 0 aliphatic carbocycles. The Balaban J connectivity index is 2.07. The summed E-state index contributed by atoms with van der Waals surface area (Å²) >= 11 is 0. The fourth-order valence-electron chi connectivity index (χ4n) is 3.30. The maximum atomic E-state index is 12.9. The summed E-state index contributed by atoms with van der Waals surface area (Å²) < 4.78 is 1.47. The summed E-state index contributed by atoms with van der Waals surface area (Å²) in [4.78, 5) is 31.5. The first-order chi connectivity index (χ1) is 10.6. The zero-order chi connectivity index (χ0) is 15.7. The van der Waals surface area contributed by atoms with Gasteiger partial charge in [0.15, 0.2) is 0 Å². The zero-order valence-corrected chi connectivity index (χ0v) is 13.1. The van der Waals surface area contributed by atoms with Gasteiger partial charge in [-0.25, -0.2) is 4.98 Å². The number of aromatic nitrogens is 2. The van der Waals surface area contributed by atoms with Crippen LogP contribution in [0.3, 0.4) is 0 Å². The number of amides is 1. The molecule has 3 rings (SSSR count). The minimum absolute atomic E-state index is 0.141. The van der Waals surface area contributed by atoms with Crippen LogP contribution in [0, 0.1) is 0 Å². The highest BCUT2D eigenvalue weighted by molar-refractivity contribution is 5.97. The number of pyridine rings is 2. The summed E-state index contributed by atoms with van der Waals surface area (Å²) in [6, 6.07) is 5.63. The number of piperidine rings is 1. The molecule has 1 fully saturated rings. The predicted octanol–water partition coefficient (Wildman–Crippen LogP) is 2.34. The second kappa shape index (κ2) is 5.91. The maximum Gasteiger partial charge on any atom is 0.264 e. The van der Waals surface area contributed by atoms with Gasteiger partial charge in [-0.15, -0.1) is 0 Å². The van der Waals surface area contributed by atoms with Crippen LogP contribution < -0.4 is 5.56 Å². The van der Waals surface area contributed by atoms with E-state index in [4.69, 9.17) is 0 Å². The van der Waals surface area contributed by atoms with E-state index in [-0.39, 0.29) is 23.1 Å². The van der Waals surface area contributed by atoms with Crippen LogP contribution >= 0.6 is 0 Å². The monoisotopic (exact) mass is 299 g/mol. The summed E-state index contributed by atoms with van der Waals surface area (Å²) in [7, 11) is 1.67. The Hall–Kier alpha value is -2.17. The van der Waals surface area contributed by atoms with Gasteiger partial charge in [0.1, 0.15) is 11.2 Å². The first-order valence-corrected chi connectivity index (χ1v) is 7.89. The summed E-state index contributed by atoms with van der Waals surface area (Å²) in [6.45, 7) is 2.84. The quantitative estimate of drug-likeness (QED) is 0.855. The summed E-state index contributed by atoms with van der Waals surface area (Å²) in [5.41, 5.74) is 0.592. The molecule has 5 nitrogen and oxygen atoms in total. The van der Waals surface area contributed by atoms with E-state index < -0.39 is 0 Å². The highest BCUT2D eigenvalue weighted by Gasteiger charge is 2.28. The number of hydrogen-bond donors (Lipinski definition) is 0. The number of likely N-dealkylation sites (tertiary alicyclic amines) is 1. The molecule has 0 N–H and O–H groups in total. The van der Waals surface area contributed by atoms with Gasteiger partial charge in [0.25, 0.3) is 11.5 Å². The van der Waals surface area contributed by atoms with E-state index in [2.05, 4.69) is 11.9 Å². The van der Waals surface area contributed by atoms with Crippen molar-refractivity contribution in [2.24, 2.45) is 7.05 Å². The van der Waals surface area contributed by atoms with E-state index in [0.717, 1.165) is 37.6 Å². The third-order valence-corrected chi connectivity index (χ3v) is 4.56. The minimum Gasteiger partial charge on any atom is -0.336 e. The molecular weight excluding hydrogens is 278 g/mol. The van der Waals surface area contributed by atoms with E-state index in [0.29, 0.717) is 5.65 Å². The van der Waals surface area contributed by atoms with Crippen molar-refractivity contribution in [2.75, 3.05) is 6.54 Å².